The molecular formula is C15H18O2. The number of aliphatic hydroxyl groups is 1. The van der Waals surface area contributed by atoms with Gasteiger partial charge >= 0.3 is 0 Å². The van der Waals surface area contributed by atoms with Crippen LogP contribution in [-0.4, -0.2) is 17.8 Å². The van der Waals surface area contributed by atoms with E-state index in [0.717, 1.165) is 24.2 Å². The average molecular weight is 230 g/mol. The average Bonchev–Trinajstić information content (AvgIpc) is 2.39. The lowest BCUT2D eigenvalue weighted by Crippen LogP contribution is -2.19. The third-order valence-electron chi connectivity index (χ3n) is 2.84. The van der Waals surface area contributed by atoms with Crippen LogP contribution in [-0.2, 0) is 0 Å². The van der Waals surface area contributed by atoms with E-state index in [1.54, 1.807) is 0 Å². The van der Waals surface area contributed by atoms with Gasteiger partial charge < -0.3 is 9.84 Å². The number of hydrogen-bond acceptors (Lipinski definition) is 2. The quantitative estimate of drug-likeness (QED) is 0.861. The minimum absolute atomic E-state index is 0.305. The third kappa shape index (κ3) is 3.46. The number of benzene rings is 1. The molecule has 1 aliphatic rings. The van der Waals surface area contributed by atoms with Crippen LogP contribution in [0.4, 0.5) is 0 Å². The Hall–Kier alpha value is -1.54. The summed E-state index contributed by atoms with van der Waals surface area (Å²) >= 11 is 0. The van der Waals surface area contributed by atoms with Crippen molar-refractivity contribution in [3.63, 3.8) is 0 Å². The molecule has 0 aromatic heterocycles. The highest BCUT2D eigenvalue weighted by Gasteiger charge is 2.10. The van der Waals surface area contributed by atoms with E-state index < -0.39 is 6.10 Å². The SMILES string of the molecule is Cc1ccc(OC[C@@H](O)C2=CCCC=C2)cc1. The maximum absolute atomic E-state index is 9.95. The van der Waals surface area contributed by atoms with E-state index >= 15 is 0 Å². The molecule has 0 heterocycles. The fraction of sp³-hybridized carbons (Fsp3) is 0.333. The number of hydrogen-bond donors (Lipinski definition) is 1. The molecule has 0 saturated heterocycles. The Kier molecular flexibility index (Phi) is 3.99. The van der Waals surface area contributed by atoms with Crippen LogP contribution >= 0.6 is 0 Å². The van der Waals surface area contributed by atoms with Gasteiger partial charge in [0, 0.05) is 0 Å². The zero-order valence-corrected chi connectivity index (χ0v) is 10.1. The Bertz CT molecular complexity index is 415. The molecule has 0 spiro atoms. The Morgan fingerprint density at radius 2 is 2.00 bits per heavy atom. The Labute approximate surface area is 102 Å². The summed E-state index contributed by atoms with van der Waals surface area (Å²) < 4.78 is 5.55. The fourth-order valence-electron chi connectivity index (χ4n) is 1.79. The van der Waals surface area contributed by atoms with Crippen molar-refractivity contribution in [1.82, 2.24) is 0 Å². The van der Waals surface area contributed by atoms with Crippen molar-refractivity contribution in [2.45, 2.75) is 25.9 Å². The molecule has 2 nitrogen and oxygen atoms in total. The highest BCUT2D eigenvalue weighted by molar-refractivity contribution is 5.28. The summed E-state index contributed by atoms with van der Waals surface area (Å²) in [5, 5.41) is 9.95. The number of aryl methyl sites for hydroxylation is 1. The molecule has 0 aliphatic heterocycles. The highest BCUT2D eigenvalue weighted by Crippen LogP contribution is 2.16. The van der Waals surface area contributed by atoms with Gasteiger partial charge in [0.05, 0.1) is 0 Å². The Balaban J connectivity index is 1.87. The lowest BCUT2D eigenvalue weighted by Gasteiger charge is -2.15. The van der Waals surface area contributed by atoms with E-state index in [4.69, 9.17) is 4.74 Å². The second-order valence-electron chi connectivity index (χ2n) is 4.32. The first kappa shape index (κ1) is 11.9. The second kappa shape index (κ2) is 5.69. The van der Waals surface area contributed by atoms with E-state index in [1.165, 1.54) is 5.56 Å². The molecule has 1 aliphatic carbocycles. The van der Waals surface area contributed by atoms with Crippen LogP contribution in [0.5, 0.6) is 5.75 Å². The molecule has 0 saturated carbocycles. The van der Waals surface area contributed by atoms with Crippen LogP contribution < -0.4 is 4.74 Å². The molecule has 2 rings (SSSR count). The first-order valence-corrected chi connectivity index (χ1v) is 6.00. The molecule has 0 fully saturated rings. The maximum Gasteiger partial charge on any atom is 0.119 e. The molecule has 2 heteroatoms. The Morgan fingerprint density at radius 3 is 2.65 bits per heavy atom. The third-order valence-corrected chi connectivity index (χ3v) is 2.84. The molecule has 0 radical (unpaired) electrons. The largest absolute Gasteiger partial charge is 0.491 e. The topological polar surface area (TPSA) is 29.5 Å². The van der Waals surface area contributed by atoms with Crippen LogP contribution in [0.2, 0.25) is 0 Å². The summed E-state index contributed by atoms with van der Waals surface area (Å²) in [6.45, 7) is 2.34. The highest BCUT2D eigenvalue weighted by atomic mass is 16.5. The van der Waals surface area contributed by atoms with Gasteiger partial charge in [-0.15, -0.1) is 0 Å². The number of rotatable bonds is 4. The molecule has 1 aromatic carbocycles. The summed E-state index contributed by atoms with van der Waals surface area (Å²) in [5.41, 5.74) is 2.17. The summed E-state index contributed by atoms with van der Waals surface area (Å²) in [7, 11) is 0. The van der Waals surface area contributed by atoms with Gasteiger partial charge in [0.2, 0.25) is 0 Å². The molecule has 0 amide bonds. The van der Waals surface area contributed by atoms with Crippen molar-refractivity contribution >= 4 is 0 Å². The number of ether oxygens (including phenoxy) is 1. The summed E-state index contributed by atoms with van der Waals surface area (Å²) in [5.74, 6) is 0.801. The molecule has 1 N–H and O–H groups in total. The van der Waals surface area contributed by atoms with E-state index in [9.17, 15) is 5.11 Å². The predicted molar refractivity (Wildman–Crippen MR) is 69.1 cm³/mol. The van der Waals surface area contributed by atoms with Crippen LogP contribution in [0.15, 0.2) is 48.1 Å². The lowest BCUT2D eigenvalue weighted by molar-refractivity contribution is 0.137. The summed E-state index contributed by atoms with van der Waals surface area (Å²) in [4.78, 5) is 0. The van der Waals surface area contributed by atoms with Gasteiger partial charge in [-0.1, -0.05) is 35.9 Å². The van der Waals surface area contributed by atoms with Crippen molar-refractivity contribution in [2.75, 3.05) is 6.61 Å². The van der Waals surface area contributed by atoms with Crippen molar-refractivity contribution in [2.24, 2.45) is 0 Å². The van der Waals surface area contributed by atoms with E-state index in [1.807, 2.05) is 37.3 Å². The smallest absolute Gasteiger partial charge is 0.119 e. The minimum Gasteiger partial charge on any atom is -0.491 e. The Morgan fingerprint density at radius 1 is 1.24 bits per heavy atom. The summed E-state index contributed by atoms with van der Waals surface area (Å²) in [6.07, 6.45) is 7.68. The second-order valence-corrected chi connectivity index (χ2v) is 4.32. The number of allylic oxidation sites excluding steroid dienone is 2. The zero-order valence-electron chi connectivity index (χ0n) is 10.1. The van der Waals surface area contributed by atoms with Gasteiger partial charge in [0.15, 0.2) is 0 Å². The maximum atomic E-state index is 9.95. The molecule has 0 unspecified atom stereocenters. The summed E-state index contributed by atoms with van der Waals surface area (Å²) in [6, 6.07) is 7.85. The van der Waals surface area contributed by atoms with Crippen molar-refractivity contribution < 1.29 is 9.84 Å². The van der Waals surface area contributed by atoms with Gasteiger partial charge in [-0.25, -0.2) is 0 Å². The van der Waals surface area contributed by atoms with Gasteiger partial charge in [-0.2, -0.15) is 0 Å². The van der Waals surface area contributed by atoms with Gasteiger partial charge in [-0.05, 0) is 37.5 Å². The lowest BCUT2D eigenvalue weighted by atomic mass is 10.0. The van der Waals surface area contributed by atoms with E-state index in [0.29, 0.717) is 6.61 Å². The van der Waals surface area contributed by atoms with Crippen molar-refractivity contribution in [3.8, 4) is 5.75 Å². The van der Waals surface area contributed by atoms with Crippen LogP contribution in [0.25, 0.3) is 0 Å². The molecule has 1 aromatic rings. The van der Waals surface area contributed by atoms with Crippen molar-refractivity contribution in [1.29, 1.82) is 0 Å². The molecule has 0 bridgehead atoms. The molecular weight excluding hydrogens is 212 g/mol. The van der Waals surface area contributed by atoms with Gasteiger partial charge in [0.1, 0.15) is 18.5 Å². The van der Waals surface area contributed by atoms with E-state index in [-0.39, 0.29) is 0 Å². The molecule has 90 valence electrons. The van der Waals surface area contributed by atoms with Crippen LogP contribution in [0, 0.1) is 6.92 Å². The van der Waals surface area contributed by atoms with Gasteiger partial charge in [-0.3, -0.25) is 0 Å². The monoisotopic (exact) mass is 230 g/mol. The van der Waals surface area contributed by atoms with Crippen LogP contribution in [0.3, 0.4) is 0 Å². The first-order chi connectivity index (χ1) is 8.25. The van der Waals surface area contributed by atoms with Gasteiger partial charge in [0.25, 0.3) is 0 Å². The first-order valence-electron chi connectivity index (χ1n) is 6.00. The molecule has 17 heavy (non-hydrogen) atoms. The standard InChI is InChI=1S/C15H18O2/c1-12-7-9-14(10-8-12)17-11-15(16)13-5-3-2-4-6-13/h3,5-10,15-16H,2,4,11H2,1H3/t15-/m1/s1. The van der Waals surface area contributed by atoms with Crippen molar-refractivity contribution in [3.05, 3.63) is 53.6 Å². The zero-order chi connectivity index (χ0) is 12.1. The van der Waals surface area contributed by atoms with Crippen LogP contribution in [0.1, 0.15) is 18.4 Å². The normalized spacial score (nSPS) is 16.5. The minimum atomic E-state index is -0.534. The fourth-order valence-corrected chi connectivity index (χ4v) is 1.79. The predicted octanol–water partition coefficient (Wildman–Crippen LogP) is 3.01. The van der Waals surface area contributed by atoms with E-state index in [2.05, 4.69) is 12.2 Å². The number of aliphatic hydroxyl groups excluding tert-OH is 1. The molecule has 1 atom stereocenters.